The van der Waals surface area contributed by atoms with Gasteiger partial charge in [0, 0.05) is 0 Å². The Balaban J connectivity index is 0. The molecule has 0 aromatic heterocycles. The van der Waals surface area contributed by atoms with Crippen LogP contribution in [0.2, 0.25) is 0 Å². The van der Waals surface area contributed by atoms with Gasteiger partial charge in [0.05, 0.1) is 0 Å². The second-order valence-electron chi connectivity index (χ2n) is 4.79. The minimum Gasteiger partial charge on any atom is -1.00 e. The molecule has 0 bridgehead atoms. The average molecular weight is 565 g/mol. The van der Waals surface area contributed by atoms with Crippen molar-refractivity contribution in [3.8, 4) is 0 Å². The van der Waals surface area contributed by atoms with Crippen molar-refractivity contribution in [2.24, 2.45) is 0 Å². The van der Waals surface area contributed by atoms with Crippen molar-refractivity contribution in [3.63, 3.8) is 0 Å². The maximum absolute atomic E-state index is 2.99. The van der Waals surface area contributed by atoms with Gasteiger partial charge in [0.2, 0.25) is 0 Å². The minimum atomic E-state index is 0. The Bertz CT molecular complexity index is 382. The molecule has 0 saturated heterocycles. The number of fused-ring (bicyclic) bond motifs is 1. The molecule has 110 valence electrons. The average Bonchev–Trinajstić information content (AvgIpc) is 3.03. The largest absolute Gasteiger partial charge is 1.00 e. The van der Waals surface area contributed by atoms with Crippen molar-refractivity contribution < 1.29 is 57.9 Å². The second kappa shape index (κ2) is 14.5. The summed E-state index contributed by atoms with van der Waals surface area (Å²) in [5.41, 5.74) is 3.20. The third-order valence-electron chi connectivity index (χ3n) is 2.74. The van der Waals surface area contributed by atoms with Crippen molar-refractivity contribution in [1.82, 2.24) is 0 Å². The predicted molar refractivity (Wildman–Crippen MR) is 76.6 cm³/mol. The molecule has 2 aliphatic rings. The predicted octanol–water partition coefficient (Wildman–Crippen LogP) is -1.66. The summed E-state index contributed by atoms with van der Waals surface area (Å²) in [7, 11) is 0. The Morgan fingerprint density at radius 3 is 2.30 bits per heavy atom. The number of halogens is 2. The molecule has 3 rings (SSSR count). The zero-order valence-corrected chi connectivity index (χ0v) is 19.0. The van der Waals surface area contributed by atoms with E-state index >= 15 is 0 Å². The quantitative estimate of drug-likeness (QED) is 0.262. The first-order valence-corrected chi connectivity index (χ1v) is 8.46. The van der Waals surface area contributed by atoms with Crippen molar-refractivity contribution in [1.29, 1.82) is 0 Å². The Morgan fingerprint density at radius 1 is 1.20 bits per heavy atom. The first-order valence-electron chi connectivity index (χ1n) is 6.67. The molecule has 2 aliphatic carbocycles. The molecule has 0 heterocycles. The smallest absolute Gasteiger partial charge is 0.0512 e. The first-order chi connectivity index (χ1) is 8.70. The molecule has 0 unspecified atom stereocenters. The summed E-state index contributed by atoms with van der Waals surface area (Å²) in [6, 6.07) is 6.69. The summed E-state index contributed by atoms with van der Waals surface area (Å²) in [5.74, 6) is 0. The van der Waals surface area contributed by atoms with Crippen LogP contribution in [0.3, 0.4) is 0 Å². The van der Waals surface area contributed by atoms with Gasteiger partial charge in [-0.1, -0.05) is 25.7 Å². The molecule has 3 heteroatoms. The first kappa shape index (κ1) is 22.8. The molecule has 0 amide bonds. The molecule has 0 radical (unpaired) electrons. The van der Waals surface area contributed by atoms with Crippen LogP contribution in [-0.2, 0) is 36.7 Å². The van der Waals surface area contributed by atoms with Crippen LogP contribution in [-0.4, -0.2) is 3.26 Å². The monoisotopic (exact) mass is 564 g/mol. The van der Waals surface area contributed by atoms with E-state index in [4.69, 9.17) is 0 Å². The van der Waals surface area contributed by atoms with Crippen LogP contribution < -0.4 is 34.0 Å². The van der Waals surface area contributed by atoms with E-state index in [9.17, 15) is 0 Å². The van der Waals surface area contributed by atoms with Gasteiger partial charge >= 0.3 is 41.0 Å². The van der Waals surface area contributed by atoms with E-state index in [0.29, 0.717) is 0 Å². The number of aryl methyl sites for hydroxylation is 2. The third kappa shape index (κ3) is 11.2. The Labute approximate surface area is 159 Å². The van der Waals surface area contributed by atoms with Crippen LogP contribution in [0.25, 0.3) is 0 Å². The topological polar surface area (TPSA) is 0 Å². The molecule has 0 spiro atoms. The van der Waals surface area contributed by atoms with Crippen LogP contribution in [0.1, 0.15) is 44.2 Å². The van der Waals surface area contributed by atoms with E-state index in [-0.39, 0.29) is 34.0 Å². The van der Waals surface area contributed by atoms with Gasteiger partial charge in [-0.3, -0.25) is 6.08 Å². The standard InChI is InChI=1S/C9H11.C5H5.C3H6.2BrH.Hf/c1-2-5-9-7-3-6-8(9)4-1;1-2-4-5-3-1;1-3-2;;;/h3,6-7H,1-2,4-5H2;1-3H,4H2;1-2H3;2*1H;/q2*-1;;;;+2/p-2. The van der Waals surface area contributed by atoms with E-state index in [2.05, 4.69) is 44.2 Å². The fourth-order valence-corrected chi connectivity index (χ4v) is 1.95. The molecule has 0 saturated carbocycles. The summed E-state index contributed by atoms with van der Waals surface area (Å²) in [5, 5.41) is 0. The molecule has 0 fully saturated rings. The molecular formula is C17H22Br2Hf-2. The van der Waals surface area contributed by atoms with Crippen molar-refractivity contribution in [3.05, 3.63) is 53.6 Å². The van der Waals surface area contributed by atoms with Crippen LogP contribution >= 0.6 is 0 Å². The van der Waals surface area contributed by atoms with E-state index in [0.717, 1.165) is 6.42 Å². The number of hydrogen-bond acceptors (Lipinski definition) is 0. The maximum Gasteiger partial charge on any atom is -0.0512 e. The second-order valence-corrected chi connectivity index (χ2v) is 8.38. The summed E-state index contributed by atoms with van der Waals surface area (Å²) in [4.78, 5) is 0. The van der Waals surface area contributed by atoms with Gasteiger partial charge in [-0.15, -0.1) is 6.42 Å². The van der Waals surface area contributed by atoms with Crippen molar-refractivity contribution in [2.45, 2.75) is 46.0 Å². The molecular weight excluding hydrogens is 542 g/mol. The van der Waals surface area contributed by atoms with Crippen LogP contribution in [0.5, 0.6) is 0 Å². The molecule has 1 aromatic carbocycles. The summed E-state index contributed by atoms with van der Waals surface area (Å²) >= 11 is 1.27. The Kier molecular flexibility index (Phi) is 16.5. The van der Waals surface area contributed by atoms with Gasteiger partial charge in [0.1, 0.15) is 0 Å². The molecule has 20 heavy (non-hydrogen) atoms. The van der Waals surface area contributed by atoms with E-state index in [1.165, 1.54) is 49.6 Å². The molecule has 1 aromatic rings. The van der Waals surface area contributed by atoms with Gasteiger partial charge in [-0.05, 0) is 0 Å². The summed E-state index contributed by atoms with van der Waals surface area (Å²) in [6.07, 6.45) is 15.4. The van der Waals surface area contributed by atoms with E-state index < -0.39 is 0 Å². The van der Waals surface area contributed by atoms with Crippen molar-refractivity contribution in [2.75, 3.05) is 0 Å². The van der Waals surface area contributed by atoms with E-state index in [1.54, 1.807) is 14.4 Å². The molecule has 0 N–H and O–H groups in total. The summed E-state index contributed by atoms with van der Waals surface area (Å²) < 4.78 is 1.56. The van der Waals surface area contributed by atoms with Crippen molar-refractivity contribution >= 4 is 3.26 Å². The number of rotatable bonds is 0. The van der Waals surface area contributed by atoms with Gasteiger partial charge in [-0.2, -0.15) is 29.3 Å². The van der Waals surface area contributed by atoms with Gasteiger partial charge in [0.15, 0.2) is 0 Å². The normalized spacial score (nSPS) is 13.6. The zero-order chi connectivity index (χ0) is 13.2. The van der Waals surface area contributed by atoms with Crippen LogP contribution in [0.15, 0.2) is 36.4 Å². The summed E-state index contributed by atoms with van der Waals surface area (Å²) in [6.45, 7) is 4.29. The van der Waals surface area contributed by atoms with Gasteiger partial charge < -0.3 is 34.0 Å². The molecule has 0 atom stereocenters. The fraction of sp³-hybridized carbons (Fsp3) is 0.412. The van der Waals surface area contributed by atoms with E-state index in [1.807, 2.05) is 12.2 Å². The van der Waals surface area contributed by atoms with Crippen LogP contribution in [0, 0.1) is 6.08 Å². The Hall–Kier alpha value is 0.530. The zero-order valence-electron chi connectivity index (χ0n) is 12.3. The number of hydrogen-bond donors (Lipinski definition) is 0. The maximum atomic E-state index is 2.99. The SMILES string of the molecule is C[C](C)=[Hf+2].[Br-].[Br-].[C-]1=CC=CC1.c1cc2c([cH-]1)CCCC2. The van der Waals surface area contributed by atoms with Crippen LogP contribution in [0.4, 0.5) is 0 Å². The Morgan fingerprint density at radius 2 is 1.85 bits per heavy atom. The molecule has 0 nitrogen and oxygen atoms in total. The fourth-order valence-electron chi connectivity index (χ4n) is 1.95. The van der Waals surface area contributed by atoms with Gasteiger partial charge in [-0.25, -0.2) is 18.2 Å². The molecule has 0 aliphatic heterocycles. The van der Waals surface area contributed by atoms with Gasteiger partial charge in [0.25, 0.3) is 0 Å². The third-order valence-corrected chi connectivity index (χ3v) is 2.74. The minimum absolute atomic E-state index is 0. The number of allylic oxidation sites excluding steroid dienone is 4.